The Bertz CT molecular complexity index is 1040. The van der Waals surface area contributed by atoms with Gasteiger partial charge in [-0.15, -0.1) is 0 Å². The minimum Gasteiger partial charge on any atom is -0.463 e. The highest BCUT2D eigenvalue weighted by molar-refractivity contribution is 5.75. The van der Waals surface area contributed by atoms with E-state index in [9.17, 15) is 14.9 Å². The average molecular weight is 380 g/mol. The summed E-state index contributed by atoms with van der Waals surface area (Å²) in [6, 6.07) is 10.1. The first-order chi connectivity index (χ1) is 13.2. The van der Waals surface area contributed by atoms with Crippen molar-refractivity contribution < 1.29 is 19.2 Å². The fraction of sp³-hybridized carbons (Fsp3) is 0.286. The fourth-order valence-corrected chi connectivity index (χ4v) is 4.12. The van der Waals surface area contributed by atoms with E-state index in [4.69, 9.17) is 9.47 Å². The van der Waals surface area contributed by atoms with E-state index >= 15 is 0 Å². The van der Waals surface area contributed by atoms with Gasteiger partial charge < -0.3 is 14.4 Å². The van der Waals surface area contributed by atoms with Gasteiger partial charge in [0.1, 0.15) is 11.5 Å². The summed E-state index contributed by atoms with van der Waals surface area (Å²) in [5.41, 5.74) is 1.35. The smallest absolute Gasteiger partial charge is 0.308 e. The van der Waals surface area contributed by atoms with Crippen LogP contribution in [0.4, 0.5) is 11.4 Å². The van der Waals surface area contributed by atoms with Gasteiger partial charge in [-0.3, -0.25) is 14.9 Å². The number of hydrogen-bond acceptors (Lipinski definition) is 6. The van der Waals surface area contributed by atoms with Crippen molar-refractivity contribution in [2.24, 2.45) is 0 Å². The summed E-state index contributed by atoms with van der Waals surface area (Å²) in [5.74, 6) is 0.699. The third-order valence-electron chi connectivity index (χ3n) is 5.62. The molecule has 1 spiro atoms. The van der Waals surface area contributed by atoms with Gasteiger partial charge in [0.2, 0.25) is 5.72 Å². The molecule has 0 aliphatic carbocycles. The summed E-state index contributed by atoms with van der Waals surface area (Å²) in [4.78, 5) is 24.0. The van der Waals surface area contributed by atoms with Gasteiger partial charge >= 0.3 is 5.97 Å². The third kappa shape index (κ3) is 2.39. The van der Waals surface area contributed by atoms with Crippen molar-refractivity contribution in [1.29, 1.82) is 0 Å². The Morgan fingerprint density at radius 2 is 1.96 bits per heavy atom. The molecular weight excluding hydrogens is 360 g/mol. The van der Waals surface area contributed by atoms with Crippen LogP contribution < -0.4 is 14.4 Å². The second-order valence-corrected chi connectivity index (χ2v) is 7.57. The second kappa shape index (κ2) is 5.82. The van der Waals surface area contributed by atoms with Crippen LogP contribution in [0.15, 0.2) is 42.5 Å². The highest BCUT2D eigenvalue weighted by Crippen LogP contribution is 2.55. The quantitative estimate of drug-likeness (QED) is 0.338. The molecule has 0 unspecified atom stereocenters. The summed E-state index contributed by atoms with van der Waals surface area (Å²) in [7, 11) is 1.94. The predicted octanol–water partition coefficient (Wildman–Crippen LogP) is 4.05. The van der Waals surface area contributed by atoms with E-state index in [-0.39, 0.29) is 11.7 Å². The Morgan fingerprint density at radius 1 is 1.21 bits per heavy atom. The van der Waals surface area contributed by atoms with Crippen LogP contribution in [0.25, 0.3) is 6.08 Å². The highest BCUT2D eigenvalue weighted by atomic mass is 16.6. The Kier molecular flexibility index (Phi) is 3.75. The van der Waals surface area contributed by atoms with Crippen molar-refractivity contribution in [3.8, 4) is 11.5 Å². The van der Waals surface area contributed by atoms with Gasteiger partial charge in [0.05, 0.1) is 10.3 Å². The monoisotopic (exact) mass is 380 g/mol. The van der Waals surface area contributed by atoms with E-state index < -0.39 is 16.1 Å². The molecule has 7 nitrogen and oxygen atoms in total. The number of anilines is 1. The summed E-state index contributed by atoms with van der Waals surface area (Å²) in [6.45, 7) is 5.50. The van der Waals surface area contributed by atoms with E-state index in [1.165, 1.54) is 19.1 Å². The molecule has 0 N–H and O–H groups in total. The Balaban J connectivity index is 1.79. The molecule has 0 amide bonds. The molecule has 2 aliphatic heterocycles. The maximum absolute atomic E-state index is 11.3. The Hall–Kier alpha value is -3.35. The fourth-order valence-electron chi connectivity index (χ4n) is 4.12. The number of nitrogens with zero attached hydrogens (tertiary/aromatic N) is 2. The molecule has 0 saturated heterocycles. The van der Waals surface area contributed by atoms with E-state index in [1.54, 1.807) is 12.1 Å². The lowest BCUT2D eigenvalue weighted by Gasteiger charge is -2.45. The molecule has 4 rings (SSSR count). The number of hydrogen-bond donors (Lipinski definition) is 0. The first-order valence-electron chi connectivity index (χ1n) is 8.89. The van der Waals surface area contributed by atoms with E-state index in [0.717, 1.165) is 11.3 Å². The number of carbonyl (C=O) groups excluding carboxylic acids is 1. The van der Waals surface area contributed by atoms with Crippen molar-refractivity contribution in [2.75, 3.05) is 11.9 Å². The van der Waals surface area contributed by atoms with Crippen molar-refractivity contribution in [1.82, 2.24) is 0 Å². The van der Waals surface area contributed by atoms with Crippen LogP contribution in [0.3, 0.4) is 0 Å². The van der Waals surface area contributed by atoms with Crippen molar-refractivity contribution in [3.63, 3.8) is 0 Å². The zero-order chi connectivity index (χ0) is 20.3. The second-order valence-electron chi connectivity index (χ2n) is 7.57. The third-order valence-corrected chi connectivity index (χ3v) is 5.62. The standard InChI is InChI=1S/C21H20N2O5/c1-13(24)27-16-6-7-18-17(12-16)20(2,3)21(22(18)4)10-9-14-11-15(23(25)26)5-8-19(14)28-21/h5-12H,1-4H3/t21-/m0/s1. The lowest BCUT2D eigenvalue weighted by molar-refractivity contribution is -0.384. The summed E-state index contributed by atoms with van der Waals surface area (Å²) < 4.78 is 11.7. The van der Waals surface area contributed by atoms with Crippen molar-refractivity contribution in [2.45, 2.75) is 31.9 Å². The number of likely N-dealkylation sites (N-methyl/N-ethyl adjacent to an activating group) is 1. The van der Waals surface area contributed by atoms with Gasteiger partial charge in [-0.2, -0.15) is 0 Å². The van der Waals surface area contributed by atoms with E-state index in [2.05, 4.69) is 13.8 Å². The lowest BCUT2D eigenvalue weighted by Crippen LogP contribution is -2.58. The average Bonchev–Trinajstić information content (AvgIpc) is 2.79. The van der Waals surface area contributed by atoms with Crippen LogP contribution in [-0.2, 0) is 10.2 Å². The van der Waals surface area contributed by atoms with E-state index in [0.29, 0.717) is 17.1 Å². The van der Waals surface area contributed by atoms with Crippen LogP contribution in [0, 0.1) is 10.1 Å². The van der Waals surface area contributed by atoms with Gasteiger partial charge in [-0.25, -0.2) is 0 Å². The van der Waals surface area contributed by atoms with Crippen LogP contribution in [0.5, 0.6) is 11.5 Å². The maximum atomic E-state index is 11.3. The van der Waals surface area contributed by atoms with Gasteiger partial charge in [0.25, 0.3) is 5.69 Å². The Labute approximate surface area is 162 Å². The number of rotatable bonds is 2. The van der Waals surface area contributed by atoms with Crippen LogP contribution in [0.2, 0.25) is 0 Å². The van der Waals surface area contributed by atoms with Gasteiger partial charge in [-0.05, 0) is 55.8 Å². The van der Waals surface area contributed by atoms with Gasteiger partial charge in [-0.1, -0.05) is 0 Å². The largest absolute Gasteiger partial charge is 0.463 e. The van der Waals surface area contributed by atoms with Crippen LogP contribution >= 0.6 is 0 Å². The van der Waals surface area contributed by atoms with Gasteiger partial charge in [0, 0.05) is 37.4 Å². The minimum atomic E-state index is -0.812. The number of carbonyl (C=O) groups is 1. The molecule has 2 aromatic carbocycles. The lowest BCUT2D eigenvalue weighted by atomic mass is 9.76. The van der Waals surface area contributed by atoms with Crippen molar-refractivity contribution >= 4 is 23.4 Å². The molecule has 0 saturated carbocycles. The normalized spacial score (nSPS) is 21.1. The summed E-state index contributed by atoms with van der Waals surface area (Å²) in [6.07, 6.45) is 3.80. The number of esters is 1. The summed E-state index contributed by atoms with van der Waals surface area (Å²) >= 11 is 0. The minimum absolute atomic E-state index is 0.0243. The molecule has 144 valence electrons. The Morgan fingerprint density at radius 3 is 2.64 bits per heavy atom. The molecule has 0 radical (unpaired) electrons. The molecule has 7 heteroatoms. The number of nitro benzene ring substituents is 1. The number of nitro groups is 1. The number of fused-ring (bicyclic) bond motifs is 2. The molecule has 1 atom stereocenters. The summed E-state index contributed by atoms with van der Waals surface area (Å²) in [5, 5.41) is 11.0. The van der Waals surface area contributed by atoms with Crippen LogP contribution in [-0.4, -0.2) is 23.7 Å². The first-order valence-corrected chi connectivity index (χ1v) is 8.89. The van der Waals surface area contributed by atoms with Crippen LogP contribution in [0.1, 0.15) is 31.9 Å². The molecule has 0 aromatic heterocycles. The number of benzene rings is 2. The molecule has 28 heavy (non-hydrogen) atoms. The number of non-ortho nitro benzene ring substituents is 1. The van der Waals surface area contributed by atoms with Gasteiger partial charge in [0.15, 0.2) is 0 Å². The number of ether oxygens (including phenoxy) is 2. The SMILES string of the molecule is CC(=O)Oc1ccc2c(c1)C(C)(C)[C@@]1(C=Cc3cc([N+](=O)[O-])ccc3O1)N2C. The van der Waals surface area contributed by atoms with E-state index in [1.807, 2.05) is 36.2 Å². The first kappa shape index (κ1) is 18.0. The predicted molar refractivity (Wildman–Crippen MR) is 105 cm³/mol. The molecule has 2 aliphatic rings. The molecule has 2 heterocycles. The zero-order valence-corrected chi connectivity index (χ0v) is 16.1. The molecular formula is C21H20N2O5. The van der Waals surface area contributed by atoms with Crippen molar-refractivity contribution in [3.05, 3.63) is 63.7 Å². The maximum Gasteiger partial charge on any atom is 0.308 e. The zero-order valence-electron chi connectivity index (χ0n) is 16.1. The highest BCUT2D eigenvalue weighted by Gasteiger charge is 2.57. The molecule has 0 bridgehead atoms. The topological polar surface area (TPSA) is 81.9 Å². The molecule has 2 aromatic rings. The molecule has 0 fully saturated rings.